The number of hydrogen-bond donors (Lipinski definition) is 2. The van der Waals surface area contributed by atoms with Crippen LogP contribution in [0.25, 0.3) is 0 Å². The summed E-state index contributed by atoms with van der Waals surface area (Å²) >= 11 is 1.47. The lowest BCUT2D eigenvalue weighted by Gasteiger charge is -2.40. The molecule has 19 heavy (non-hydrogen) atoms. The van der Waals surface area contributed by atoms with Gasteiger partial charge in [-0.1, -0.05) is 0 Å². The van der Waals surface area contributed by atoms with E-state index >= 15 is 0 Å². The zero-order chi connectivity index (χ0) is 13.8. The summed E-state index contributed by atoms with van der Waals surface area (Å²) in [5, 5.41) is 18.1. The van der Waals surface area contributed by atoms with E-state index in [0.29, 0.717) is 24.6 Å². The van der Waals surface area contributed by atoms with E-state index in [-0.39, 0.29) is 18.7 Å². The SMILES string of the molecule is O=C(O)C1CSCN1C(=O)N(CCCO)C1CCC1. The van der Waals surface area contributed by atoms with Crippen LogP contribution in [0, 0.1) is 0 Å². The molecule has 0 aromatic carbocycles. The van der Waals surface area contributed by atoms with Crippen LogP contribution in [0.4, 0.5) is 4.79 Å². The van der Waals surface area contributed by atoms with Crippen LogP contribution >= 0.6 is 11.8 Å². The van der Waals surface area contributed by atoms with Crippen molar-refractivity contribution in [1.29, 1.82) is 0 Å². The number of carbonyl (C=O) groups excluding carboxylic acids is 1. The molecule has 6 nitrogen and oxygen atoms in total. The highest BCUT2D eigenvalue weighted by Crippen LogP contribution is 2.29. The number of thioether (sulfide) groups is 1. The Bertz CT molecular complexity index is 349. The molecule has 1 unspecified atom stereocenters. The first-order valence-corrected chi connectivity index (χ1v) is 7.79. The Balaban J connectivity index is 2.02. The van der Waals surface area contributed by atoms with E-state index in [9.17, 15) is 9.59 Å². The summed E-state index contributed by atoms with van der Waals surface area (Å²) in [5.41, 5.74) is 0. The van der Waals surface area contributed by atoms with Gasteiger partial charge in [-0.3, -0.25) is 0 Å². The minimum Gasteiger partial charge on any atom is -0.480 e. The van der Waals surface area contributed by atoms with Gasteiger partial charge in [0, 0.05) is 24.9 Å². The van der Waals surface area contributed by atoms with Crippen molar-refractivity contribution < 1.29 is 19.8 Å². The minimum atomic E-state index is -0.936. The third kappa shape index (κ3) is 3.14. The molecule has 0 radical (unpaired) electrons. The molecular formula is C12H20N2O4S. The van der Waals surface area contributed by atoms with Crippen molar-refractivity contribution >= 4 is 23.8 Å². The summed E-state index contributed by atoms with van der Waals surface area (Å²) in [4.78, 5) is 26.8. The van der Waals surface area contributed by atoms with E-state index in [0.717, 1.165) is 19.3 Å². The van der Waals surface area contributed by atoms with Crippen molar-refractivity contribution in [2.75, 3.05) is 24.8 Å². The second-order valence-corrected chi connectivity index (χ2v) is 5.96. The minimum absolute atomic E-state index is 0.0492. The number of nitrogens with zero attached hydrogens (tertiary/aromatic N) is 2. The highest BCUT2D eigenvalue weighted by molar-refractivity contribution is 7.99. The van der Waals surface area contributed by atoms with E-state index in [4.69, 9.17) is 10.2 Å². The Labute approximate surface area is 116 Å². The fourth-order valence-electron chi connectivity index (χ4n) is 2.37. The van der Waals surface area contributed by atoms with Crippen molar-refractivity contribution in [3.05, 3.63) is 0 Å². The number of aliphatic hydroxyl groups is 1. The molecule has 7 heteroatoms. The summed E-state index contributed by atoms with van der Waals surface area (Å²) in [5.74, 6) is -0.0355. The Kier molecular flexibility index (Phi) is 4.93. The number of aliphatic carboxylic acids is 1. The number of carbonyl (C=O) groups is 2. The molecular weight excluding hydrogens is 268 g/mol. The van der Waals surface area contributed by atoms with Gasteiger partial charge in [-0.15, -0.1) is 11.8 Å². The summed E-state index contributed by atoms with van der Waals surface area (Å²) < 4.78 is 0. The summed E-state index contributed by atoms with van der Waals surface area (Å²) in [7, 11) is 0. The normalized spacial score (nSPS) is 23.2. The second-order valence-electron chi connectivity index (χ2n) is 4.96. The van der Waals surface area contributed by atoms with Crippen LogP contribution in [-0.2, 0) is 4.79 Å². The summed E-state index contributed by atoms with van der Waals surface area (Å²) in [6.45, 7) is 0.557. The van der Waals surface area contributed by atoms with Crippen LogP contribution in [0.2, 0.25) is 0 Å². The van der Waals surface area contributed by atoms with Gasteiger partial charge in [0.25, 0.3) is 0 Å². The molecule has 2 rings (SSSR count). The molecule has 1 saturated heterocycles. The Morgan fingerprint density at radius 1 is 1.37 bits per heavy atom. The van der Waals surface area contributed by atoms with Crippen LogP contribution in [0.15, 0.2) is 0 Å². The molecule has 0 spiro atoms. The van der Waals surface area contributed by atoms with Gasteiger partial charge < -0.3 is 20.0 Å². The smallest absolute Gasteiger partial charge is 0.327 e. The molecule has 2 amide bonds. The maximum absolute atomic E-state index is 12.5. The molecule has 2 fully saturated rings. The molecule has 1 aliphatic carbocycles. The van der Waals surface area contributed by atoms with Gasteiger partial charge >= 0.3 is 12.0 Å². The van der Waals surface area contributed by atoms with Gasteiger partial charge in [0.05, 0.1) is 5.88 Å². The molecule has 1 atom stereocenters. The molecule has 0 bridgehead atoms. The van der Waals surface area contributed by atoms with E-state index in [1.165, 1.54) is 16.7 Å². The maximum atomic E-state index is 12.5. The number of urea groups is 1. The van der Waals surface area contributed by atoms with Crippen LogP contribution < -0.4 is 0 Å². The Hall–Kier alpha value is -0.950. The first kappa shape index (κ1) is 14.5. The lowest BCUT2D eigenvalue weighted by Crippen LogP contribution is -2.54. The monoisotopic (exact) mass is 288 g/mol. The second kappa shape index (κ2) is 6.47. The van der Waals surface area contributed by atoms with E-state index in [2.05, 4.69) is 0 Å². The van der Waals surface area contributed by atoms with Gasteiger partial charge in [0.15, 0.2) is 0 Å². The Morgan fingerprint density at radius 3 is 2.63 bits per heavy atom. The zero-order valence-corrected chi connectivity index (χ0v) is 11.6. The number of rotatable bonds is 5. The lowest BCUT2D eigenvalue weighted by atomic mass is 9.91. The fourth-order valence-corrected chi connectivity index (χ4v) is 3.51. The molecule has 1 saturated carbocycles. The largest absolute Gasteiger partial charge is 0.480 e. The fraction of sp³-hybridized carbons (Fsp3) is 0.833. The molecule has 2 aliphatic rings. The van der Waals surface area contributed by atoms with Crippen LogP contribution in [-0.4, -0.2) is 68.9 Å². The molecule has 108 valence electrons. The molecule has 0 aromatic rings. The van der Waals surface area contributed by atoms with Crippen LogP contribution in [0.3, 0.4) is 0 Å². The van der Waals surface area contributed by atoms with Crippen LogP contribution in [0.5, 0.6) is 0 Å². The van der Waals surface area contributed by atoms with Crippen molar-refractivity contribution in [2.24, 2.45) is 0 Å². The standard InChI is InChI=1S/C12H20N2O4S/c15-6-2-5-13(9-3-1-4-9)12(18)14-8-19-7-10(14)11(16)17/h9-10,15H,1-8H2,(H,16,17). The topological polar surface area (TPSA) is 81.1 Å². The van der Waals surface area contributed by atoms with Crippen molar-refractivity contribution in [3.63, 3.8) is 0 Å². The first-order valence-electron chi connectivity index (χ1n) is 6.63. The van der Waals surface area contributed by atoms with Crippen LogP contribution in [0.1, 0.15) is 25.7 Å². The highest BCUT2D eigenvalue weighted by atomic mass is 32.2. The molecule has 0 aromatic heterocycles. The molecule has 2 N–H and O–H groups in total. The first-order chi connectivity index (χ1) is 9.15. The van der Waals surface area contributed by atoms with Crippen molar-refractivity contribution in [2.45, 2.75) is 37.8 Å². The molecule has 1 heterocycles. The number of carboxylic acid groups (broad SMARTS) is 1. The predicted molar refractivity (Wildman–Crippen MR) is 72.0 cm³/mol. The zero-order valence-electron chi connectivity index (χ0n) is 10.8. The van der Waals surface area contributed by atoms with Gasteiger partial charge in [0.1, 0.15) is 6.04 Å². The predicted octanol–water partition coefficient (Wildman–Crippen LogP) is 0.803. The third-order valence-corrected chi connectivity index (χ3v) is 4.74. The van der Waals surface area contributed by atoms with Crippen molar-refractivity contribution in [3.8, 4) is 0 Å². The number of aliphatic hydroxyl groups excluding tert-OH is 1. The van der Waals surface area contributed by atoms with Gasteiger partial charge in [0.2, 0.25) is 0 Å². The lowest BCUT2D eigenvalue weighted by molar-refractivity contribution is -0.141. The average molecular weight is 288 g/mol. The highest BCUT2D eigenvalue weighted by Gasteiger charge is 2.39. The Morgan fingerprint density at radius 2 is 2.11 bits per heavy atom. The quantitative estimate of drug-likeness (QED) is 0.782. The molecule has 1 aliphatic heterocycles. The van der Waals surface area contributed by atoms with Gasteiger partial charge in [-0.25, -0.2) is 9.59 Å². The average Bonchev–Trinajstić information content (AvgIpc) is 2.80. The van der Waals surface area contributed by atoms with E-state index in [1.807, 2.05) is 0 Å². The van der Waals surface area contributed by atoms with Gasteiger partial charge in [-0.05, 0) is 25.7 Å². The summed E-state index contributed by atoms with van der Waals surface area (Å²) in [6.07, 6.45) is 3.62. The maximum Gasteiger partial charge on any atom is 0.327 e. The van der Waals surface area contributed by atoms with E-state index < -0.39 is 12.0 Å². The number of carboxylic acids is 1. The van der Waals surface area contributed by atoms with Crippen molar-refractivity contribution in [1.82, 2.24) is 9.80 Å². The third-order valence-electron chi connectivity index (χ3n) is 3.73. The summed E-state index contributed by atoms with van der Waals surface area (Å²) in [6, 6.07) is -0.677. The van der Waals surface area contributed by atoms with E-state index in [1.54, 1.807) is 4.90 Å². The number of hydrogen-bond acceptors (Lipinski definition) is 4. The van der Waals surface area contributed by atoms with Gasteiger partial charge in [-0.2, -0.15) is 0 Å². The number of amides is 2.